The molecule has 3 aromatic rings. The van der Waals surface area contributed by atoms with Crippen molar-refractivity contribution in [1.29, 1.82) is 5.26 Å². The number of nitrogens with zero attached hydrogens (tertiary/aromatic N) is 4. The number of hydrogen-bond donors (Lipinski definition) is 0. The quantitative estimate of drug-likeness (QED) is 0.603. The van der Waals surface area contributed by atoms with Gasteiger partial charge in [-0.1, -0.05) is 35.9 Å². The van der Waals surface area contributed by atoms with Crippen molar-refractivity contribution >= 4 is 34.1 Å². The molecule has 2 aromatic carbocycles. The number of rotatable bonds is 3. The van der Waals surface area contributed by atoms with E-state index in [-0.39, 0.29) is 11.9 Å². The summed E-state index contributed by atoms with van der Waals surface area (Å²) in [6.45, 7) is 1.47. The highest BCUT2D eigenvalue weighted by molar-refractivity contribution is 6.30. The van der Waals surface area contributed by atoms with E-state index in [9.17, 15) is 4.79 Å². The number of pyridine rings is 1. The third kappa shape index (κ3) is 3.41. The number of hydrogen-bond acceptors (Lipinski definition) is 5. The van der Waals surface area contributed by atoms with Gasteiger partial charge < -0.3 is 4.74 Å². The third-order valence-electron chi connectivity index (χ3n) is 4.93. The van der Waals surface area contributed by atoms with Gasteiger partial charge in [-0.25, -0.2) is 9.99 Å². The topological polar surface area (TPSA) is 78.6 Å². The van der Waals surface area contributed by atoms with Crippen molar-refractivity contribution in [2.24, 2.45) is 5.10 Å². The van der Waals surface area contributed by atoms with Crippen LogP contribution in [0, 0.1) is 11.3 Å². The predicted octanol–water partition coefficient (Wildman–Crippen LogP) is 4.47. The number of methoxy groups -OCH3 is 1. The zero-order chi connectivity index (χ0) is 20.5. The van der Waals surface area contributed by atoms with E-state index < -0.39 is 0 Å². The Morgan fingerprint density at radius 2 is 2.07 bits per heavy atom. The Kier molecular flexibility index (Phi) is 4.91. The van der Waals surface area contributed by atoms with Crippen LogP contribution in [0.4, 0.5) is 0 Å². The number of aromatic nitrogens is 1. The summed E-state index contributed by atoms with van der Waals surface area (Å²) in [4.78, 5) is 16.8. The highest BCUT2D eigenvalue weighted by Crippen LogP contribution is 2.38. The molecule has 0 unspecified atom stereocenters. The second-order valence-electron chi connectivity index (χ2n) is 6.72. The SMILES string of the molecule is COc1cccc2cc([C@@H]3CC(c4cccc(C#N)c4)=NN3C(C)=O)c(Cl)nc12. The van der Waals surface area contributed by atoms with E-state index >= 15 is 0 Å². The lowest BCUT2D eigenvalue weighted by Crippen LogP contribution is -2.24. The number of carbonyl (C=O) groups is 1. The van der Waals surface area contributed by atoms with Gasteiger partial charge in [-0.05, 0) is 29.8 Å². The number of benzene rings is 2. The van der Waals surface area contributed by atoms with E-state index in [0.29, 0.717) is 28.4 Å². The van der Waals surface area contributed by atoms with Crippen molar-refractivity contribution in [1.82, 2.24) is 9.99 Å². The molecule has 29 heavy (non-hydrogen) atoms. The fraction of sp³-hybridized carbons (Fsp3) is 0.182. The lowest BCUT2D eigenvalue weighted by Gasteiger charge is -2.21. The van der Waals surface area contributed by atoms with E-state index in [2.05, 4.69) is 16.2 Å². The molecule has 144 valence electrons. The summed E-state index contributed by atoms with van der Waals surface area (Å²) < 4.78 is 5.37. The molecule has 2 heterocycles. The van der Waals surface area contributed by atoms with Crippen LogP contribution in [-0.4, -0.2) is 28.7 Å². The molecule has 0 bridgehead atoms. The molecule has 0 saturated heterocycles. The Hall–Kier alpha value is -3.43. The molecule has 0 spiro atoms. The van der Waals surface area contributed by atoms with Crippen molar-refractivity contribution in [2.75, 3.05) is 7.11 Å². The van der Waals surface area contributed by atoms with E-state index in [1.807, 2.05) is 30.3 Å². The molecule has 0 radical (unpaired) electrons. The van der Waals surface area contributed by atoms with Gasteiger partial charge >= 0.3 is 0 Å². The highest BCUT2D eigenvalue weighted by atomic mass is 35.5. The summed E-state index contributed by atoms with van der Waals surface area (Å²) >= 11 is 6.52. The Labute approximate surface area is 173 Å². The van der Waals surface area contributed by atoms with Crippen molar-refractivity contribution < 1.29 is 9.53 Å². The number of fused-ring (bicyclic) bond motifs is 1. The van der Waals surface area contributed by atoms with Crippen LogP contribution >= 0.6 is 11.6 Å². The first-order chi connectivity index (χ1) is 14.0. The van der Waals surface area contributed by atoms with Crippen LogP contribution in [0.5, 0.6) is 5.75 Å². The van der Waals surface area contributed by atoms with Crippen molar-refractivity contribution in [2.45, 2.75) is 19.4 Å². The maximum Gasteiger partial charge on any atom is 0.240 e. The lowest BCUT2D eigenvalue weighted by molar-refractivity contribution is -0.130. The van der Waals surface area contributed by atoms with Gasteiger partial charge in [0.2, 0.25) is 5.91 Å². The van der Waals surface area contributed by atoms with Crippen LogP contribution in [0.2, 0.25) is 5.15 Å². The summed E-state index contributed by atoms with van der Waals surface area (Å²) in [5, 5.41) is 16.3. The predicted molar refractivity (Wildman–Crippen MR) is 111 cm³/mol. The van der Waals surface area contributed by atoms with Gasteiger partial charge in [0.1, 0.15) is 16.4 Å². The van der Waals surface area contributed by atoms with Gasteiger partial charge in [0.15, 0.2) is 0 Å². The largest absolute Gasteiger partial charge is 0.494 e. The first-order valence-electron chi connectivity index (χ1n) is 9.02. The van der Waals surface area contributed by atoms with E-state index in [1.165, 1.54) is 11.9 Å². The van der Waals surface area contributed by atoms with Crippen LogP contribution in [0.15, 0.2) is 53.6 Å². The van der Waals surface area contributed by atoms with Gasteiger partial charge in [0.25, 0.3) is 0 Å². The van der Waals surface area contributed by atoms with Gasteiger partial charge in [0, 0.05) is 24.3 Å². The Morgan fingerprint density at radius 3 is 2.79 bits per heavy atom. The summed E-state index contributed by atoms with van der Waals surface area (Å²) in [5.74, 6) is 0.444. The van der Waals surface area contributed by atoms with Gasteiger partial charge in [-0.3, -0.25) is 4.79 Å². The third-order valence-corrected chi connectivity index (χ3v) is 5.23. The molecule has 4 rings (SSSR count). The fourth-order valence-corrected chi connectivity index (χ4v) is 3.81. The van der Waals surface area contributed by atoms with Crippen molar-refractivity contribution in [3.8, 4) is 11.8 Å². The van der Waals surface area contributed by atoms with E-state index in [4.69, 9.17) is 21.6 Å². The highest BCUT2D eigenvalue weighted by Gasteiger charge is 2.33. The fourth-order valence-electron chi connectivity index (χ4n) is 3.55. The summed E-state index contributed by atoms with van der Waals surface area (Å²) in [7, 11) is 1.59. The summed E-state index contributed by atoms with van der Waals surface area (Å²) in [6, 6.07) is 16.5. The smallest absolute Gasteiger partial charge is 0.240 e. The normalized spacial score (nSPS) is 15.9. The van der Waals surface area contributed by atoms with Crippen LogP contribution in [-0.2, 0) is 4.79 Å². The zero-order valence-electron chi connectivity index (χ0n) is 15.9. The number of amides is 1. The van der Waals surface area contributed by atoms with Crippen molar-refractivity contribution in [3.63, 3.8) is 0 Å². The number of halogens is 1. The first-order valence-corrected chi connectivity index (χ1v) is 9.40. The number of para-hydroxylation sites is 1. The van der Waals surface area contributed by atoms with Crippen LogP contribution < -0.4 is 4.74 Å². The second kappa shape index (κ2) is 7.53. The van der Waals surface area contributed by atoms with E-state index in [0.717, 1.165) is 22.2 Å². The molecule has 0 saturated carbocycles. The molecular weight excluding hydrogens is 388 g/mol. The van der Waals surface area contributed by atoms with Crippen LogP contribution in [0.3, 0.4) is 0 Å². The zero-order valence-corrected chi connectivity index (χ0v) is 16.6. The molecular formula is C22H17ClN4O2. The summed E-state index contributed by atoms with van der Waals surface area (Å²) in [6.07, 6.45) is 0.478. The van der Waals surface area contributed by atoms with Gasteiger partial charge in [0.05, 0.1) is 30.5 Å². The number of nitriles is 1. The second-order valence-corrected chi connectivity index (χ2v) is 7.08. The minimum atomic E-state index is -0.371. The summed E-state index contributed by atoms with van der Waals surface area (Å²) in [5.41, 5.74) is 3.46. The average molecular weight is 405 g/mol. The van der Waals surface area contributed by atoms with Crippen molar-refractivity contribution in [3.05, 3.63) is 70.4 Å². The minimum absolute atomic E-state index is 0.191. The average Bonchev–Trinajstić information content (AvgIpc) is 3.18. The van der Waals surface area contributed by atoms with Crippen LogP contribution in [0.1, 0.15) is 36.1 Å². The Balaban J connectivity index is 1.78. The molecule has 0 fully saturated rings. The molecule has 1 amide bonds. The molecule has 0 N–H and O–H groups in total. The minimum Gasteiger partial charge on any atom is -0.494 e. The molecule has 1 atom stereocenters. The molecule has 6 nitrogen and oxygen atoms in total. The monoisotopic (exact) mass is 404 g/mol. The maximum absolute atomic E-state index is 12.3. The first kappa shape index (κ1) is 18.9. The molecule has 1 aromatic heterocycles. The molecule has 1 aliphatic rings. The number of hydrazone groups is 1. The Bertz CT molecular complexity index is 1200. The van der Waals surface area contributed by atoms with Crippen LogP contribution in [0.25, 0.3) is 10.9 Å². The van der Waals surface area contributed by atoms with E-state index in [1.54, 1.807) is 25.3 Å². The Morgan fingerprint density at radius 1 is 1.28 bits per heavy atom. The standard InChI is InChI=1S/C22H17ClN4O2/c1-13(28)27-19(11-18(26-27)15-6-3-5-14(9-15)12-24)17-10-16-7-4-8-20(29-2)21(16)25-22(17)23/h3-10,19H,11H2,1-2H3/t19-/m0/s1. The molecule has 7 heteroatoms. The maximum atomic E-state index is 12.3. The number of carbonyl (C=O) groups excluding carboxylic acids is 1. The number of ether oxygens (including phenoxy) is 1. The molecule has 1 aliphatic heterocycles. The lowest BCUT2D eigenvalue weighted by atomic mass is 9.97. The molecule has 0 aliphatic carbocycles. The van der Waals surface area contributed by atoms with Gasteiger partial charge in [-0.2, -0.15) is 10.4 Å². The van der Waals surface area contributed by atoms with Gasteiger partial charge in [-0.15, -0.1) is 0 Å².